The van der Waals surface area contributed by atoms with Crippen LogP contribution in [-0.2, 0) is 6.42 Å². The first-order chi connectivity index (χ1) is 10.7. The molecule has 0 spiro atoms. The van der Waals surface area contributed by atoms with Gasteiger partial charge in [0.1, 0.15) is 5.82 Å². The van der Waals surface area contributed by atoms with Crippen LogP contribution in [0, 0.1) is 5.82 Å². The lowest BCUT2D eigenvalue weighted by molar-refractivity contribution is 0.102. The van der Waals surface area contributed by atoms with Gasteiger partial charge in [-0.05, 0) is 30.2 Å². The summed E-state index contributed by atoms with van der Waals surface area (Å²) in [7, 11) is 0. The summed E-state index contributed by atoms with van der Waals surface area (Å²) in [5, 5.41) is 2.77. The van der Waals surface area contributed by atoms with Crippen LogP contribution in [0.5, 0.6) is 11.5 Å². The van der Waals surface area contributed by atoms with Crippen molar-refractivity contribution in [1.82, 2.24) is 0 Å². The molecule has 0 radical (unpaired) electrons. The van der Waals surface area contributed by atoms with Crippen LogP contribution >= 0.6 is 0 Å². The summed E-state index contributed by atoms with van der Waals surface area (Å²) in [4.78, 5) is 12.3. The molecule has 1 aliphatic rings. The minimum absolute atomic E-state index is 0.0163. The topological polar surface area (TPSA) is 47.6 Å². The summed E-state index contributed by atoms with van der Waals surface area (Å²) in [6, 6.07) is 9.49. The minimum Gasteiger partial charge on any atom is -0.454 e. The monoisotopic (exact) mass is 301 g/mol. The normalized spacial score (nSPS) is 12.3. The van der Waals surface area contributed by atoms with Crippen LogP contribution in [0.4, 0.5) is 10.1 Å². The Bertz CT molecular complexity index is 715. The molecule has 2 aromatic rings. The van der Waals surface area contributed by atoms with Crippen LogP contribution in [0.15, 0.2) is 36.4 Å². The number of anilines is 1. The van der Waals surface area contributed by atoms with Crippen molar-refractivity contribution in [2.45, 2.75) is 19.8 Å². The van der Waals surface area contributed by atoms with Crippen molar-refractivity contribution < 1.29 is 18.7 Å². The summed E-state index contributed by atoms with van der Waals surface area (Å²) in [5.41, 5.74) is 1.58. The Balaban J connectivity index is 1.91. The van der Waals surface area contributed by atoms with Gasteiger partial charge in [-0.2, -0.15) is 0 Å². The van der Waals surface area contributed by atoms with Crippen LogP contribution < -0.4 is 14.8 Å². The molecule has 1 N–H and O–H groups in total. The van der Waals surface area contributed by atoms with E-state index in [0.29, 0.717) is 17.2 Å². The molecular weight excluding hydrogens is 285 g/mol. The molecule has 0 fully saturated rings. The van der Waals surface area contributed by atoms with E-state index in [0.717, 1.165) is 18.4 Å². The molecular formula is C17H16FNO3. The maximum Gasteiger partial charge on any atom is 0.258 e. The molecule has 114 valence electrons. The fourth-order valence-corrected chi connectivity index (χ4v) is 2.41. The SMILES string of the molecule is CCCc1cc2c(cc1NC(=O)c1ccccc1F)OCO2. The Hall–Kier alpha value is -2.56. The molecule has 4 nitrogen and oxygen atoms in total. The zero-order valence-electron chi connectivity index (χ0n) is 12.2. The lowest BCUT2D eigenvalue weighted by Crippen LogP contribution is -2.15. The average molecular weight is 301 g/mol. The smallest absolute Gasteiger partial charge is 0.258 e. The minimum atomic E-state index is -0.544. The van der Waals surface area contributed by atoms with Gasteiger partial charge in [-0.1, -0.05) is 25.5 Å². The summed E-state index contributed by atoms with van der Waals surface area (Å²) >= 11 is 0. The second kappa shape index (κ2) is 6.05. The summed E-state index contributed by atoms with van der Waals surface area (Å²) < 4.78 is 24.4. The molecule has 5 heteroatoms. The number of amides is 1. The number of ether oxygens (including phenoxy) is 2. The van der Waals surface area contributed by atoms with Crippen molar-refractivity contribution >= 4 is 11.6 Å². The van der Waals surface area contributed by atoms with Crippen LogP contribution in [0.1, 0.15) is 29.3 Å². The molecule has 0 saturated heterocycles. The summed E-state index contributed by atoms with van der Waals surface area (Å²) in [5.74, 6) is 0.239. The van der Waals surface area contributed by atoms with Gasteiger partial charge in [0.25, 0.3) is 5.91 Å². The third-order valence-electron chi connectivity index (χ3n) is 3.48. The zero-order valence-corrected chi connectivity index (χ0v) is 12.2. The first-order valence-corrected chi connectivity index (χ1v) is 7.17. The van der Waals surface area contributed by atoms with Crippen LogP contribution in [0.25, 0.3) is 0 Å². The molecule has 0 saturated carbocycles. The van der Waals surface area contributed by atoms with Gasteiger partial charge < -0.3 is 14.8 Å². The first kappa shape index (κ1) is 14.4. The Labute approximate surface area is 127 Å². The van der Waals surface area contributed by atoms with Gasteiger partial charge in [0.15, 0.2) is 11.5 Å². The molecule has 0 aromatic heterocycles. The van der Waals surface area contributed by atoms with Crippen LogP contribution in [0.3, 0.4) is 0 Å². The van der Waals surface area contributed by atoms with Crippen molar-refractivity contribution in [3.05, 3.63) is 53.3 Å². The highest BCUT2D eigenvalue weighted by atomic mass is 19.1. The highest BCUT2D eigenvalue weighted by Crippen LogP contribution is 2.37. The van der Waals surface area contributed by atoms with Crippen molar-refractivity contribution in [1.29, 1.82) is 0 Å². The molecule has 1 heterocycles. The number of carbonyl (C=O) groups excluding carboxylic acids is 1. The lowest BCUT2D eigenvalue weighted by atomic mass is 10.1. The van der Waals surface area contributed by atoms with Gasteiger partial charge in [-0.3, -0.25) is 4.79 Å². The molecule has 3 rings (SSSR count). The Morgan fingerprint density at radius 1 is 1.23 bits per heavy atom. The number of benzene rings is 2. The Morgan fingerprint density at radius 3 is 2.68 bits per heavy atom. The van der Waals surface area contributed by atoms with Crippen molar-refractivity contribution in [2.24, 2.45) is 0 Å². The molecule has 0 unspecified atom stereocenters. The van der Waals surface area contributed by atoms with E-state index in [1.807, 2.05) is 13.0 Å². The van der Waals surface area contributed by atoms with E-state index in [1.54, 1.807) is 18.2 Å². The largest absolute Gasteiger partial charge is 0.454 e. The number of hydrogen-bond acceptors (Lipinski definition) is 3. The molecule has 0 atom stereocenters. The molecule has 0 aliphatic carbocycles. The maximum absolute atomic E-state index is 13.7. The fraction of sp³-hybridized carbons (Fsp3) is 0.235. The summed E-state index contributed by atoms with van der Waals surface area (Å²) in [6.45, 7) is 2.22. The number of rotatable bonds is 4. The molecule has 22 heavy (non-hydrogen) atoms. The average Bonchev–Trinajstić information content (AvgIpc) is 2.95. The quantitative estimate of drug-likeness (QED) is 0.935. The number of hydrogen-bond donors (Lipinski definition) is 1. The third-order valence-corrected chi connectivity index (χ3v) is 3.48. The number of fused-ring (bicyclic) bond motifs is 1. The fourth-order valence-electron chi connectivity index (χ4n) is 2.41. The van der Waals surface area contributed by atoms with E-state index in [2.05, 4.69) is 5.32 Å². The first-order valence-electron chi connectivity index (χ1n) is 7.17. The Morgan fingerprint density at radius 2 is 1.95 bits per heavy atom. The van der Waals surface area contributed by atoms with Crippen molar-refractivity contribution in [3.8, 4) is 11.5 Å². The maximum atomic E-state index is 13.7. The highest BCUT2D eigenvalue weighted by Gasteiger charge is 2.19. The van der Waals surface area contributed by atoms with E-state index < -0.39 is 11.7 Å². The number of halogens is 1. The van der Waals surface area contributed by atoms with Gasteiger partial charge >= 0.3 is 0 Å². The molecule has 1 aliphatic heterocycles. The van der Waals surface area contributed by atoms with Gasteiger partial charge in [0, 0.05) is 11.8 Å². The van der Waals surface area contributed by atoms with Gasteiger partial charge in [0.05, 0.1) is 5.56 Å². The Kier molecular flexibility index (Phi) is 3.96. The molecule has 1 amide bonds. The summed E-state index contributed by atoms with van der Waals surface area (Å²) in [6.07, 6.45) is 1.70. The molecule has 2 aromatic carbocycles. The van der Waals surface area contributed by atoms with Crippen molar-refractivity contribution in [3.63, 3.8) is 0 Å². The van der Waals surface area contributed by atoms with Gasteiger partial charge in [-0.15, -0.1) is 0 Å². The van der Waals surface area contributed by atoms with Gasteiger partial charge in [0.2, 0.25) is 6.79 Å². The number of nitrogens with one attached hydrogen (secondary N) is 1. The second-order valence-electron chi connectivity index (χ2n) is 5.05. The van der Waals surface area contributed by atoms with E-state index in [-0.39, 0.29) is 12.4 Å². The lowest BCUT2D eigenvalue weighted by Gasteiger charge is -2.12. The molecule has 0 bridgehead atoms. The van der Waals surface area contributed by atoms with E-state index in [9.17, 15) is 9.18 Å². The number of carbonyl (C=O) groups is 1. The second-order valence-corrected chi connectivity index (χ2v) is 5.05. The van der Waals surface area contributed by atoms with Crippen molar-refractivity contribution in [2.75, 3.05) is 12.1 Å². The third kappa shape index (κ3) is 2.74. The van der Waals surface area contributed by atoms with E-state index in [4.69, 9.17) is 9.47 Å². The predicted octanol–water partition coefficient (Wildman–Crippen LogP) is 3.76. The van der Waals surface area contributed by atoms with E-state index in [1.165, 1.54) is 12.1 Å². The zero-order chi connectivity index (χ0) is 15.5. The van der Waals surface area contributed by atoms with Crippen LogP contribution in [-0.4, -0.2) is 12.7 Å². The van der Waals surface area contributed by atoms with Crippen LogP contribution in [0.2, 0.25) is 0 Å². The van der Waals surface area contributed by atoms with E-state index >= 15 is 0 Å². The predicted molar refractivity (Wildman–Crippen MR) is 80.9 cm³/mol. The standard InChI is InChI=1S/C17H16FNO3/c1-2-5-11-8-15-16(22-10-21-15)9-14(11)19-17(20)12-6-3-4-7-13(12)18/h3-4,6-9H,2,5,10H2,1H3,(H,19,20). The highest BCUT2D eigenvalue weighted by molar-refractivity contribution is 6.05. The number of aryl methyl sites for hydroxylation is 1. The van der Waals surface area contributed by atoms with Gasteiger partial charge in [-0.25, -0.2) is 4.39 Å².